The van der Waals surface area contributed by atoms with Gasteiger partial charge in [0.2, 0.25) is 10.0 Å². The van der Waals surface area contributed by atoms with E-state index in [1.807, 2.05) is 0 Å². The van der Waals surface area contributed by atoms with Crippen molar-refractivity contribution < 1.29 is 8.42 Å². The molecule has 2 N–H and O–H groups in total. The Morgan fingerprint density at radius 3 is 2.83 bits per heavy atom. The number of aromatic nitrogens is 2. The molecule has 1 aromatic rings. The summed E-state index contributed by atoms with van der Waals surface area (Å²) in [6.07, 6.45) is 5.55. The summed E-state index contributed by atoms with van der Waals surface area (Å²) < 4.78 is 26.7. The molecule has 1 saturated carbocycles. The van der Waals surface area contributed by atoms with Crippen molar-refractivity contribution in [3.63, 3.8) is 0 Å². The summed E-state index contributed by atoms with van der Waals surface area (Å²) >= 11 is 6.21. The molecule has 1 aliphatic carbocycles. The van der Waals surface area contributed by atoms with Crippen LogP contribution in [0.25, 0.3) is 0 Å². The Kier molecular flexibility index (Phi) is 4.29. The van der Waals surface area contributed by atoms with Gasteiger partial charge in [0.15, 0.2) is 0 Å². The van der Waals surface area contributed by atoms with Gasteiger partial charge in [-0.3, -0.25) is 5.10 Å². The molecule has 102 valence electrons. The first kappa shape index (κ1) is 13.8. The van der Waals surface area contributed by atoms with E-state index < -0.39 is 10.0 Å². The van der Waals surface area contributed by atoms with E-state index in [-0.39, 0.29) is 16.2 Å². The van der Waals surface area contributed by atoms with Crippen LogP contribution in [0.4, 0.5) is 0 Å². The summed E-state index contributed by atoms with van der Waals surface area (Å²) in [5.41, 5.74) is 0.550. The SMILES string of the molecule is Cc1[nH]ncc1S(=O)(=O)NCC1CCCCC1Cl. The molecule has 1 heterocycles. The van der Waals surface area contributed by atoms with Gasteiger partial charge in [0.25, 0.3) is 0 Å². The van der Waals surface area contributed by atoms with E-state index in [9.17, 15) is 8.42 Å². The molecule has 1 fully saturated rings. The van der Waals surface area contributed by atoms with Gasteiger partial charge >= 0.3 is 0 Å². The van der Waals surface area contributed by atoms with Gasteiger partial charge in [0.05, 0.1) is 11.9 Å². The first-order chi connectivity index (χ1) is 8.50. The number of hydrogen-bond donors (Lipinski definition) is 2. The van der Waals surface area contributed by atoms with Crippen molar-refractivity contribution in [1.29, 1.82) is 0 Å². The first-order valence-electron chi connectivity index (χ1n) is 6.14. The largest absolute Gasteiger partial charge is 0.281 e. The summed E-state index contributed by atoms with van der Waals surface area (Å²) in [4.78, 5) is 0.212. The molecule has 7 heteroatoms. The van der Waals surface area contributed by atoms with Gasteiger partial charge in [-0.1, -0.05) is 12.8 Å². The lowest BCUT2D eigenvalue weighted by Gasteiger charge is -2.26. The third kappa shape index (κ3) is 3.05. The molecule has 2 rings (SSSR count). The van der Waals surface area contributed by atoms with E-state index in [1.165, 1.54) is 6.20 Å². The molecule has 5 nitrogen and oxygen atoms in total. The summed E-state index contributed by atoms with van der Waals surface area (Å²) in [7, 11) is -3.47. The number of nitrogens with zero attached hydrogens (tertiary/aromatic N) is 1. The fourth-order valence-electron chi connectivity index (χ4n) is 2.30. The van der Waals surface area contributed by atoms with Crippen molar-refractivity contribution in [3.8, 4) is 0 Å². The minimum absolute atomic E-state index is 0.0758. The predicted molar refractivity (Wildman–Crippen MR) is 70.1 cm³/mol. The Hall–Kier alpha value is -0.590. The number of hydrogen-bond acceptors (Lipinski definition) is 3. The van der Waals surface area contributed by atoms with Crippen molar-refractivity contribution in [1.82, 2.24) is 14.9 Å². The van der Waals surface area contributed by atoms with Gasteiger partial charge in [0, 0.05) is 11.9 Å². The second kappa shape index (κ2) is 5.59. The lowest BCUT2D eigenvalue weighted by molar-refractivity contribution is 0.364. The quantitative estimate of drug-likeness (QED) is 0.831. The number of alkyl halides is 1. The lowest BCUT2D eigenvalue weighted by Crippen LogP contribution is -2.34. The van der Waals surface area contributed by atoms with Crippen molar-refractivity contribution in [2.24, 2.45) is 5.92 Å². The number of aromatic amines is 1. The summed E-state index contributed by atoms with van der Waals surface area (Å²) in [6, 6.07) is 0. The van der Waals surface area contributed by atoms with Crippen LogP contribution >= 0.6 is 11.6 Å². The smallest absolute Gasteiger partial charge is 0.243 e. The zero-order chi connectivity index (χ0) is 13.2. The van der Waals surface area contributed by atoms with Crippen molar-refractivity contribution in [2.75, 3.05) is 6.54 Å². The van der Waals surface area contributed by atoms with Crippen LogP contribution in [0.3, 0.4) is 0 Å². The topological polar surface area (TPSA) is 74.8 Å². The number of rotatable bonds is 4. The van der Waals surface area contributed by atoms with Crippen molar-refractivity contribution in [3.05, 3.63) is 11.9 Å². The first-order valence-corrected chi connectivity index (χ1v) is 8.06. The molecule has 2 atom stereocenters. The van der Waals surface area contributed by atoms with Crippen molar-refractivity contribution >= 4 is 21.6 Å². The third-order valence-corrected chi connectivity index (χ3v) is 5.54. The molecule has 0 amide bonds. The lowest BCUT2D eigenvalue weighted by atomic mass is 9.89. The Balaban J connectivity index is 1.99. The highest BCUT2D eigenvalue weighted by Gasteiger charge is 2.26. The van der Waals surface area contributed by atoms with Gasteiger partial charge in [0.1, 0.15) is 4.90 Å². The molecular weight excluding hydrogens is 274 g/mol. The van der Waals surface area contributed by atoms with Gasteiger partial charge in [-0.2, -0.15) is 5.10 Å². The minimum Gasteiger partial charge on any atom is -0.281 e. The number of aryl methyl sites for hydroxylation is 1. The maximum absolute atomic E-state index is 12.0. The highest BCUT2D eigenvalue weighted by molar-refractivity contribution is 7.89. The average Bonchev–Trinajstić information content (AvgIpc) is 2.75. The molecule has 1 aliphatic rings. The Morgan fingerprint density at radius 2 is 2.22 bits per heavy atom. The van der Waals surface area contributed by atoms with Gasteiger partial charge in [-0.15, -0.1) is 11.6 Å². The van der Waals surface area contributed by atoms with E-state index in [0.29, 0.717) is 12.2 Å². The minimum atomic E-state index is -3.47. The summed E-state index contributed by atoms with van der Waals surface area (Å²) in [6.45, 7) is 2.09. The van der Waals surface area contributed by atoms with Gasteiger partial charge in [-0.25, -0.2) is 13.1 Å². The number of H-pyrrole nitrogens is 1. The van der Waals surface area contributed by atoms with Crippen LogP contribution in [0.15, 0.2) is 11.1 Å². The monoisotopic (exact) mass is 291 g/mol. The number of nitrogens with one attached hydrogen (secondary N) is 2. The van der Waals surface area contributed by atoms with Crippen LogP contribution in [0.5, 0.6) is 0 Å². The van der Waals surface area contributed by atoms with E-state index >= 15 is 0 Å². The van der Waals surface area contributed by atoms with Crippen LogP contribution in [-0.2, 0) is 10.0 Å². The summed E-state index contributed by atoms with van der Waals surface area (Å²) in [5.74, 6) is 0.224. The molecule has 0 aliphatic heterocycles. The van der Waals surface area contributed by atoms with Crippen LogP contribution in [-0.4, -0.2) is 30.5 Å². The second-order valence-corrected chi connectivity index (χ2v) is 7.07. The van der Waals surface area contributed by atoms with Crippen LogP contribution in [0.1, 0.15) is 31.4 Å². The maximum atomic E-state index is 12.0. The highest BCUT2D eigenvalue weighted by Crippen LogP contribution is 2.28. The second-order valence-electron chi connectivity index (χ2n) is 4.77. The van der Waals surface area contributed by atoms with Crippen molar-refractivity contribution in [2.45, 2.75) is 42.9 Å². The Labute approximate surface area is 112 Å². The Bertz CT molecular complexity index is 500. The molecule has 0 bridgehead atoms. The fourth-order valence-corrected chi connectivity index (χ4v) is 3.90. The number of halogens is 1. The van der Waals surface area contributed by atoms with Crippen LogP contribution < -0.4 is 4.72 Å². The molecule has 0 spiro atoms. The van der Waals surface area contributed by atoms with E-state index in [0.717, 1.165) is 25.7 Å². The highest BCUT2D eigenvalue weighted by atomic mass is 35.5. The molecule has 0 saturated heterocycles. The zero-order valence-electron chi connectivity index (χ0n) is 10.3. The maximum Gasteiger partial charge on any atom is 0.243 e. The van der Waals surface area contributed by atoms with E-state index in [4.69, 9.17) is 11.6 Å². The van der Waals surface area contributed by atoms with E-state index in [2.05, 4.69) is 14.9 Å². The normalized spacial score (nSPS) is 25.2. The Morgan fingerprint density at radius 1 is 1.50 bits per heavy atom. The van der Waals surface area contributed by atoms with Gasteiger partial charge < -0.3 is 0 Å². The summed E-state index contributed by atoms with van der Waals surface area (Å²) in [5, 5.41) is 6.43. The van der Waals surface area contributed by atoms with Crippen LogP contribution in [0, 0.1) is 12.8 Å². The molecule has 0 radical (unpaired) electrons. The molecule has 1 aromatic heterocycles. The zero-order valence-corrected chi connectivity index (χ0v) is 11.9. The van der Waals surface area contributed by atoms with Crippen LogP contribution in [0.2, 0.25) is 0 Å². The predicted octanol–water partition coefficient (Wildman–Crippen LogP) is 1.79. The van der Waals surface area contributed by atoms with Gasteiger partial charge in [-0.05, 0) is 25.7 Å². The molecule has 2 unspecified atom stereocenters. The molecular formula is C11H18ClN3O2S. The van der Waals surface area contributed by atoms with E-state index in [1.54, 1.807) is 6.92 Å². The molecule has 0 aromatic carbocycles. The molecule has 18 heavy (non-hydrogen) atoms. The third-order valence-electron chi connectivity index (χ3n) is 3.43. The standard InChI is InChI=1S/C11H18ClN3O2S/c1-8-11(7-13-15-8)18(16,17)14-6-9-4-2-3-5-10(9)12/h7,9-10,14H,2-6H2,1H3,(H,13,15). The number of sulfonamides is 1. The fraction of sp³-hybridized carbons (Fsp3) is 0.727. The average molecular weight is 292 g/mol.